The van der Waals surface area contributed by atoms with E-state index in [1.807, 2.05) is 24.5 Å². The van der Waals surface area contributed by atoms with Crippen molar-refractivity contribution in [1.29, 1.82) is 0 Å². The molecule has 0 aliphatic carbocycles. The second-order valence-electron chi connectivity index (χ2n) is 5.66. The molecule has 2 rings (SSSR count). The number of benzene rings is 1. The molecule has 0 bridgehead atoms. The summed E-state index contributed by atoms with van der Waals surface area (Å²) in [5.41, 5.74) is 8.04. The molecule has 0 unspecified atom stereocenters. The lowest BCUT2D eigenvalue weighted by molar-refractivity contribution is 0.576. The van der Waals surface area contributed by atoms with Gasteiger partial charge in [0.2, 0.25) is 0 Å². The van der Waals surface area contributed by atoms with Gasteiger partial charge in [-0.3, -0.25) is 4.99 Å². The normalized spacial score (nSPS) is 11.7. The minimum Gasteiger partial charge on any atom is -0.370 e. The van der Waals surface area contributed by atoms with E-state index in [1.54, 1.807) is 0 Å². The van der Waals surface area contributed by atoms with Gasteiger partial charge in [-0.25, -0.2) is 4.98 Å². The number of aromatic nitrogens is 2. The summed E-state index contributed by atoms with van der Waals surface area (Å²) in [6.45, 7) is 6.92. The van der Waals surface area contributed by atoms with Gasteiger partial charge >= 0.3 is 0 Å². The smallest absolute Gasteiger partial charge is 0.188 e. The van der Waals surface area contributed by atoms with Crippen LogP contribution < -0.4 is 11.1 Å². The number of nitrogens with zero attached hydrogens (tertiary/aromatic N) is 3. The Bertz CT molecular complexity index is 591. The average molecular weight is 415 g/mol. The molecule has 0 aliphatic rings. The number of halogens is 1. The molecule has 0 spiro atoms. The zero-order valence-electron chi connectivity index (χ0n) is 13.3. The number of hydrogen-bond acceptors (Lipinski definition) is 2. The third kappa shape index (κ3) is 5.82. The van der Waals surface area contributed by atoms with Gasteiger partial charge in [0.25, 0.3) is 0 Å². The molecule has 3 N–H and O–H groups in total. The molecule has 6 heteroatoms. The zero-order valence-corrected chi connectivity index (χ0v) is 15.7. The number of aliphatic imine (C=N–C) groups is 1. The van der Waals surface area contributed by atoms with E-state index in [2.05, 4.69) is 39.8 Å². The van der Waals surface area contributed by atoms with E-state index in [9.17, 15) is 0 Å². The summed E-state index contributed by atoms with van der Waals surface area (Å²) in [7, 11) is 0. The topological polar surface area (TPSA) is 68.2 Å². The zero-order chi connectivity index (χ0) is 15.1. The third-order valence-electron chi connectivity index (χ3n) is 3.39. The molecule has 0 saturated carbocycles. The molecule has 1 aromatic heterocycles. The van der Waals surface area contributed by atoms with Crippen molar-refractivity contribution >= 4 is 41.0 Å². The Hall–Kier alpha value is -1.31. The lowest BCUT2D eigenvalue weighted by Crippen LogP contribution is -2.33. The first-order valence-electron chi connectivity index (χ1n) is 7.60. The summed E-state index contributed by atoms with van der Waals surface area (Å²) >= 11 is 0. The average Bonchev–Trinajstić information content (AvgIpc) is 2.86. The van der Waals surface area contributed by atoms with Crippen LogP contribution in [-0.4, -0.2) is 28.6 Å². The van der Waals surface area contributed by atoms with Gasteiger partial charge in [0.05, 0.1) is 17.4 Å². The number of para-hydroxylation sites is 2. The van der Waals surface area contributed by atoms with Crippen molar-refractivity contribution in [1.82, 2.24) is 14.9 Å². The Kier molecular flexibility index (Phi) is 8.22. The van der Waals surface area contributed by atoms with Crippen LogP contribution >= 0.6 is 24.0 Å². The molecule has 2 aromatic rings. The maximum Gasteiger partial charge on any atom is 0.188 e. The van der Waals surface area contributed by atoms with Crippen molar-refractivity contribution in [2.45, 2.75) is 33.2 Å². The van der Waals surface area contributed by atoms with Crippen molar-refractivity contribution in [3.05, 3.63) is 30.6 Å². The lowest BCUT2D eigenvalue weighted by atomic mass is 10.1. The Morgan fingerprint density at radius 2 is 2.14 bits per heavy atom. The van der Waals surface area contributed by atoms with Crippen LogP contribution in [0.25, 0.3) is 11.0 Å². The van der Waals surface area contributed by atoms with Crippen LogP contribution in [0.4, 0.5) is 0 Å². The van der Waals surface area contributed by atoms with Gasteiger partial charge in [-0.1, -0.05) is 26.0 Å². The number of hydrogen-bond donors (Lipinski definition) is 2. The predicted octanol–water partition coefficient (Wildman–Crippen LogP) is 2.99. The molecule has 1 heterocycles. The Morgan fingerprint density at radius 3 is 2.91 bits per heavy atom. The monoisotopic (exact) mass is 415 g/mol. The molecule has 0 fully saturated rings. The van der Waals surface area contributed by atoms with Gasteiger partial charge in [0, 0.05) is 19.6 Å². The molecule has 122 valence electrons. The minimum atomic E-state index is 0. The molecule has 5 nitrogen and oxygen atoms in total. The van der Waals surface area contributed by atoms with E-state index >= 15 is 0 Å². The van der Waals surface area contributed by atoms with Crippen LogP contribution in [0.15, 0.2) is 35.6 Å². The molecule has 0 amide bonds. The third-order valence-corrected chi connectivity index (χ3v) is 3.39. The molecular formula is C16H26IN5. The standard InChI is InChI=1S/C16H25N5.HI/c1-13(2)8-10-19-16(17)18-9-5-11-21-12-20-14-6-3-4-7-15(14)21;/h3-4,6-7,12-13H,5,8-11H2,1-2H3,(H3,17,18,19);1H. The summed E-state index contributed by atoms with van der Waals surface area (Å²) in [6, 6.07) is 8.16. The molecule has 0 radical (unpaired) electrons. The molecule has 22 heavy (non-hydrogen) atoms. The van der Waals surface area contributed by atoms with Gasteiger partial charge in [-0.15, -0.1) is 24.0 Å². The maximum atomic E-state index is 5.83. The molecule has 1 aromatic carbocycles. The highest BCUT2D eigenvalue weighted by molar-refractivity contribution is 14.0. The number of nitrogens with two attached hydrogens (primary N) is 1. The number of nitrogens with one attached hydrogen (secondary N) is 1. The molecule has 0 saturated heterocycles. The van der Waals surface area contributed by atoms with E-state index in [0.29, 0.717) is 11.9 Å². The molecular weight excluding hydrogens is 389 g/mol. The van der Waals surface area contributed by atoms with E-state index in [-0.39, 0.29) is 24.0 Å². The number of aryl methyl sites for hydroxylation is 1. The Labute approximate surface area is 149 Å². The van der Waals surface area contributed by atoms with Gasteiger partial charge < -0.3 is 15.6 Å². The second kappa shape index (κ2) is 9.66. The van der Waals surface area contributed by atoms with Gasteiger partial charge in [0.1, 0.15) is 0 Å². The van der Waals surface area contributed by atoms with Gasteiger partial charge in [-0.05, 0) is 30.9 Å². The van der Waals surface area contributed by atoms with E-state index < -0.39 is 0 Å². The van der Waals surface area contributed by atoms with Crippen molar-refractivity contribution in [2.75, 3.05) is 13.1 Å². The van der Waals surface area contributed by atoms with Gasteiger partial charge in [0.15, 0.2) is 5.96 Å². The lowest BCUT2D eigenvalue weighted by Gasteiger charge is -2.07. The highest BCUT2D eigenvalue weighted by Gasteiger charge is 2.00. The quantitative estimate of drug-likeness (QED) is 0.316. The largest absolute Gasteiger partial charge is 0.370 e. The van der Waals surface area contributed by atoms with E-state index in [1.165, 1.54) is 5.52 Å². The fourth-order valence-corrected chi connectivity index (χ4v) is 2.17. The van der Waals surface area contributed by atoms with Crippen LogP contribution in [0, 0.1) is 5.92 Å². The van der Waals surface area contributed by atoms with Crippen LogP contribution in [0.5, 0.6) is 0 Å². The number of rotatable bonds is 7. The number of imidazole rings is 1. The summed E-state index contributed by atoms with van der Waals surface area (Å²) in [5, 5.41) is 3.15. The minimum absolute atomic E-state index is 0. The van der Waals surface area contributed by atoms with Gasteiger partial charge in [-0.2, -0.15) is 0 Å². The first-order chi connectivity index (χ1) is 10.2. The highest BCUT2D eigenvalue weighted by Crippen LogP contribution is 2.11. The summed E-state index contributed by atoms with van der Waals surface area (Å²) < 4.78 is 2.16. The first-order valence-corrected chi connectivity index (χ1v) is 7.60. The highest BCUT2D eigenvalue weighted by atomic mass is 127. The summed E-state index contributed by atoms with van der Waals surface area (Å²) in [5.74, 6) is 1.23. The second-order valence-corrected chi connectivity index (χ2v) is 5.66. The number of fused-ring (bicyclic) bond motifs is 1. The maximum absolute atomic E-state index is 5.83. The van der Waals surface area contributed by atoms with Crippen LogP contribution in [0.1, 0.15) is 26.7 Å². The van der Waals surface area contributed by atoms with Crippen molar-refractivity contribution in [3.63, 3.8) is 0 Å². The van der Waals surface area contributed by atoms with Crippen LogP contribution in [0.2, 0.25) is 0 Å². The van der Waals surface area contributed by atoms with Crippen molar-refractivity contribution < 1.29 is 0 Å². The van der Waals surface area contributed by atoms with E-state index in [0.717, 1.165) is 38.0 Å². The summed E-state index contributed by atoms with van der Waals surface area (Å²) in [6.07, 6.45) is 3.95. The Balaban J connectivity index is 0.00000242. The van der Waals surface area contributed by atoms with Crippen molar-refractivity contribution in [3.8, 4) is 0 Å². The van der Waals surface area contributed by atoms with E-state index in [4.69, 9.17) is 5.73 Å². The molecule has 0 atom stereocenters. The molecule has 0 aliphatic heterocycles. The predicted molar refractivity (Wildman–Crippen MR) is 104 cm³/mol. The summed E-state index contributed by atoms with van der Waals surface area (Å²) in [4.78, 5) is 8.73. The fraction of sp³-hybridized carbons (Fsp3) is 0.500. The SMILES string of the molecule is CC(C)CCNC(N)=NCCCn1cnc2ccccc21.I. The van der Waals surface area contributed by atoms with Crippen LogP contribution in [-0.2, 0) is 6.54 Å². The van der Waals surface area contributed by atoms with Crippen molar-refractivity contribution in [2.24, 2.45) is 16.6 Å². The Morgan fingerprint density at radius 1 is 1.36 bits per heavy atom. The van der Waals surface area contributed by atoms with Crippen LogP contribution in [0.3, 0.4) is 0 Å². The number of guanidine groups is 1. The fourth-order valence-electron chi connectivity index (χ4n) is 2.17. The first kappa shape index (κ1) is 18.7.